The first-order valence-electron chi connectivity index (χ1n) is 5.36. The van der Waals surface area contributed by atoms with Crippen LogP contribution in [0.4, 0.5) is 5.69 Å². The molecule has 0 radical (unpaired) electrons. The Morgan fingerprint density at radius 2 is 2.24 bits per heavy atom. The molecule has 0 spiro atoms. The van der Waals surface area contributed by atoms with Crippen molar-refractivity contribution in [1.82, 2.24) is 0 Å². The number of benzene rings is 1. The van der Waals surface area contributed by atoms with Gasteiger partial charge in [0, 0.05) is 16.5 Å². The Kier molecular flexibility index (Phi) is 3.43. The fourth-order valence-corrected chi connectivity index (χ4v) is 2.46. The van der Waals surface area contributed by atoms with Crippen LogP contribution in [0.15, 0.2) is 35.3 Å². The lowest BCUT2D eigenvalue weighted by Crippen LogP contribution is -2.32. The summed E-state index contributed by atoms with van der Waals surface area (Å²) in [6.07, 6.45) is 3.79. The maximum Gasteiger partial charge on any atom is 0.227 e. The number of hydrogen-bond acceptors (Lipinski definition) is 2. The van der Waals surface area contributed by atoms with E-state index in [1.165, 1.54) is 0 Å². The standard InChI is InChI=1S/C13H12BrNO2/c1-2-11-4-6-13(17)15(11)12-5-3-10(14)7-9(12)8-16/h2-3,5,7-8,11H,1,4,6H2/t11-/m1/s1. The smallest absolute Gasteiger partial charge is 0.227 e. The number of halogens is 1. The highest BCUT2D eigenvalue weighted by Crippen LogP contribution is 2.31. The third-order valence-electron chi connectivity index (χ3n) is 2.90. The monoisotopic (exact) mass is 293 g/mol. The molecule has 1 aliphatic heterocycles. The second-order valence-electron chi connectivity index (χ2n) is 3.93. The molecule has 0 saturated carbocycles. The van der Waals surface area contributed by atoms with Gasteiger partial charge in [-0.25, -0.2) is 0 Å². The molecule has 1 fully saturated rings. The number of aldehydes is 1. The molecular formula is C13H12BrNO2. The molecule has 0 N–H and O–H groups in total. The van der Waals surface area contributed by atoms with Crippen molar-refractivity contribution in [2.24, 2.45) is 0 Å². The van der Waals surface area contributed by atoms with Crippen LogP contribution < -0.4 is 4.90 Å². The van der Waals surface area contributed by atoms with Crippen molar-refractivity contribution in [1.29, 1.82) is 0 Å². The molecule has 4 heteroatoms. The molecule has 1 atom stereocenters. The summed E-state index contributed by atoms with van der Waals surface area (Å²) < 4.78 is 0.824. The van der Waals surface area contributed by atoms with Crippen LogP contribution in [0.25, 0.3) is 0 Å². The second kappa shape index (κ2) is 4.84. The van der Waals surface area contributed by atoms with Crippen molar-refractivity contribution < 1.29 is 9.59 Å². The van der Waals surface area contributed by atoms with Gasteiger partial charge in [0.15, 0.2) is 6.29 Å². The number of amides is 1. The van der Waals surface area contributed by atoms with E-state index in [0.717, 1.165) is 17.2 Å². The van der Waals surface area contributed by atoms with Crippen LogP contribution in [0.1, 0.15) is 23.2 Å². The van der Waals surface area contributed by atoms with Gasteiger partial charge in [-0.15, -0.1) is 6.58 Å². The summed E-state index contributed by atoms with van der Waals surface area (Å²) in [6.45, 7) is 3.73. The van der Waals surface area contributed by atoms with Crippen molar-refractivity contribution in [2.75, 3.05) is 4.90 Å². The van der Waals surface area contributed by atoms with Crippen LogP contribution in [0.2, 0.25) is 0 Å². The van der Waals surface area contributed by atoms with Crippen molar-refractivity contribution >= 4 is 33.8 Å². The van der Waals surface area contributed by atoms with Gasteiger partial charge in [0.05, 0.1) is 11.7 Å². The normalized spacial score (nSPS) is 19.5. The third kappa shape index (κ3) is 2.17. The van der Waals surface area contributed by atoms with Crippen LogP contribution in [0.5, 0.6) is 0 Å². The van der Waals surface area contributed by atoms with Crippen molar-refractivity contribution in [2.45, 2.75) is 18.9 Å². The molecule has 0 unspecified atom stereocenters. The fraction of sp³-hybridized carbons (Fsp3) is 0.231. The van der Waals surface area contributed by atoms with Crippen LogP contribution in [0.3, 0.4) is 0 Å². The van der Waals surface area contributed by atoms with Gasteiger partial charge in [-0.05, 0) is 24.6 Å². The van der Waals surface area contributed by atoms with E-state index in [4.69, 9.17) is 0 Å². The molecule has 1 aromatic rings. The molecule has 0 aromatic heterocycles. The molecule has 1 aliphatic rings. The Balaban J connectivity index is 2.48. The zero-order chi connectivity index (χ0) is 12.4. The van der Waals surface area contributed by atoms with E-state index < -0.39 is 0 Å². The molecule has 1 saturated heterocycles. The fourth-order valence-electron chi connectivity index (χ4n) is 2.08. The molecule has 1 amide bonds. The van der Waals surface area contributed by atoms with Gasteiger partial charge in [-0.2, -0.15) is 0 Å². The van der Waals surface area contributed by atoms with Gasteiger partial charge in [0.2, 0.25) is 5.91 Å². The average molecular weight is 294 g/mol. The first-order chi connectivity index (χ1) is 8.17. The zero-order valence-corrected chi connectivity index (χ0v) is 10.8. The minimum absolute atomic E-state index is 0.0117. The molecule has 0 bridgehead atoms. The Bertz CT molecular complexity index is 484. The van der Waals surface area contributed by atoms with E-state index >= 15 is 0 Å². The number of anilines is 1. The summed E-state index contributed by atoms with van der Waals surface area (Å²) in [5.41, 5.74) is 1.18. The lowest BCUT2D eigenvalue weighted by molar-refractivity contribution is -0.117. The summed E-state index contributed by atoms with van der Waals surface area (Å²) >= 11 is 3.31. The van der Waals surface area contributed by atoms with Crippen LogP contribution >= 0.6 is 15.9 Å². The largest absolute Gasteiger partial charge is 0.305 e. The van der Waals surface area contributed by atoms with Gasteiger partial charge in [-0.1, -0.05) is 22.0 Å². The summed E-state index contributed by atoms with van der Waals surface area (Å²) in [7, 11) is 0. The predicted octanol–water partition coefficient (Wildman–Crippen LogP) is 2.94. The topological polar surface area (TPSA) is 37.4 Å². The highest BCUT2D eigenvalue weighted by molar-refractivity contribution is 9.10. The quantitative estimate of drug-likeness (QED) is 0.635. The summed E-state index contributed by atoms with van der Waals surface area (Å²) in [5.74, 6) is 0.0420. The van der Waals surface area contributed by atoms with Crippen molar-refractivity contribution in [3.8, 4) is 0 Å². The van der Waals surface area contributed by atoms with Crippen LogP contribution in [0, 0.1) is 0 Å². The first kappa shape index (κ1) is 12.0. The first-order valence-corrected chi connectivity index (χ1v) is 6.16. The molecular weight excluding hydrogens is 282 g/mol. The average Bonchev–Trinajstić information content (AvgIpc) is 2.70. The summed E-state index contributed by atoms with van der Waals surface area (Å²) in [5, 5.41) is 0. The molecule has 3 nitrogen and oxygen atoms in total. The van der Waals surface area contributed by atoms with Gasteiger partial charge in [-0.3, -0.25) is 9.59 Å². The Labute approximate surface area is 108 Å². The second-order valence-corrected chi connectivity index (χ2v) is 4.84. The lowest BCUT2D eigenvalue weighted by Gasteiger charge is -2.23. The molecule has 2 rings (SSSR count). The SMILES string of the molecule is C=C[C@@H]1CCC(=O)N1c1ccc(Br)cc1C=O. The molecule has 1 aromatic carbocycles. The van der Waals surface area contributed by atoms with E-state index in [1.54, 1.807) is 23.1 Å². The molecule has 0 aliphatic carbocycles. The molecule has 17 heavy (non-hydrogen) atoms. The summed E-state index contributed by atoms with van der Waals surface area (Å²) in [4.78, 5) is 24.6. The van der Waals surface area contributed by atoms with E-state index in [1.807, 2.05) is 6.07 Å². The van der Waals surface area contributed by atoms with Crippen LogP contribution in [-0.2, 0) is 4.79 Å². The maximum atomic E-state index is 11.8. The highest BCUT2D eigenvalue weighted by atomic mass is 79.9. The Morgan fingerprint density at radius 1 is 1.47 bits per heavy atom. The number of rotatable bonds is 3. The maximum absolute atomic E-state index is 11.8. The lowest BCUT2D eigenvalue weighted by atomic mass is 10.1. The van der Waals surface area contributed by atoms with E-state index in [0.29, 0.717) is 17.7 Å². The molecule has 88 valence electrons. The molecule has 1 heterocycles. The van der Waals surface area contributed by atoms with E-state index in [2.05, 4.69) is 22.5 Å². The third-order valence-corrected chi connectivity index (χ3v) is 3.40. The minimum Gasteiger partial charge on any atom is -0.305 e. The number of carbonyl (C=O) groups excluding carboxylic acids is 2. The summed E-state index contributed by atoms with van der Waals surface area (Å²) in [6, 6.07) is 5.32. The minimum atomic E-state index is -0.0117. The number of nitrogens with zero attached hydrogens (tertiary/aromatic N) is 1. The van der Waals surface area contributed by atoms with Gasteiger partial charge >= 0.3 is 0 Å². The predicted molar refractivity (Wildman–Crippen MR) is 70.2 cm³/mol. The van der Waals surface area contributed by atoms with Gasteiger partial charge < -0.3 is 4.90 Å². The Morgan fingerprint density at radius 3 is 2.88 bits per heavy atom. The zero-order valence-electron chi connectivity index (χ0n) is 9.23. The Hall–Kier alpha value is -1.42. The highest BCUT2D eigenvalue weighted by Gasteiger charge is 2.31. The van der Waals surface area contributed by atoms with Gasteiger partial charge in [0.1, 0.15) is 0 Å². The van der Waals surface area contributed by atoms with Gasteiger partial charge in [0.25, 0.3) is 0 Å². The van der Waals surface area contributed by atoms with E-state index in [-0.39, 0.29) is 11.9 Å². The van der Waals surface area contributed by atoms with E-state index in [9.17, 15) is 9.59 Å². The van der Waals surface area contributed by atoms with Crippen molar-refractivity contribution in [3.05, 3.63) is 40.9 Å². The number of hydrogen-bond donors (Lipinski definition) is 0. The van der Waals surface area contributed by atoms with Crippen molar-refractivity contribution in [3.63, 3.8) is 0 Å². The van der Waals surface area contributed by atoms with Crippen LogP contribution in [-0.4, -0.2) is 18.2 Å². The number of carbonyl (C=O) groups is 2.